The predicted molar refractivity (Wildman–Crippen MR) is 437 cm³/mol. The maximum absolute atomic E-state index is 15.1. The van der Waals surface area contributed by atoms with E-state index in [2.05, 4.69) is 41.9 Å². The Morgan fingerprint density at radius 3 is 1.43 bits per heavy atom. The minimum atomic E-state index is -1.88. The Morgan fingerprint density at radius 2 is 0.930 bits per heavy atom. The molecular formula is C82H127N15O16S. The molecule has 1 heterocycles. The third kappa shape index (κ3) is 37.0. The van der Waals surface area contributed by atoms with Gasteiger partial charge in [0.25, 0.3) is 0 Å². The third-order valence-corrected chi connectivity index (χ3v) is 21.7. The molecule has 0 bridgehead atoms. The third-order valence-electron chi connectivity index (χ3n) is 20.7. The Kier molecular flexibility index (Phi) is 44.2. The highest BCUT2D eigenvalue weighted by atomic mass is 32.2. The number of nitrogens with one attached hydrogen (secondary N) is 7. The number of unbranched alkanes of at least 4 members (excludes halogenated alkanes) is 1. The van der Waals surface area contributed by atoms with Gasteiger partial charge in [-0.3, -0.25) is 87.3 Å². The Hall–Kier alpha value is -9.75. The first-order valence-electron chi connectivity index (χ1n) is 39.8. The Balaban J connectivity index is 2.38. The number of aliphatic carboxylic acids is 1. The number of aliphatic imine (C=N–C) groups is 2. The summed E-state index contributed by atoms with van der Waals surface area (Å²) in [4.78, 5) is 225. The molecule has 1 saturated heterocycles. The molecule has 1 aliphatic heterocycles. The number of thioether (sulfide) groups is 1. The van der Waals surface area contributed by atoms with Crippen LogP contribution in [0.3, 0.4) is 0 Å². The van der Waals surface area contributed by atoms with Gasteiger partial charge in [-0.15, -0.1) is 11.8 Å². The summed E-state index contributed by atoms with van der Waals surface area (Å²) in [6, 6.07) is 8.85. The van der Waals surface area contributed by atoms with Gasteiger partial charge in [-0.05, 0) is 98.5 Å². The van der Waals surface area contributed by atoms with E-state index < -0.39 is 222 Å². The molecule has 0 aromatic heterocycles. The molecule has 2 aromatic carbocycles. The van der Waals surface area contributed by atoms with Crippen molar-refractivity contribution < 1.29 is 77.0 Å². The number of nitrogens with two attached hydrogens (primary N) is 6. The van der Waals surface area contributed by atoms with Gasteiger partial charge < -0.3 is 71.4 Å². The van der Waals surface area contributed by atoms with Crippen molar-refractivity contribution in [3.8, 4) is 0 Å². The van der Waals surface area contributed by atoms with Crippen molar-refractivity contribution in [1.82, 2.24) is 31.9 Å². The van der Waals surface area contributed by atoms with Crippen molar-refractivity contribution in [2.45, 2.75) is 240 Å². The molecular weight excluding hydrogens is 1480 g/mol. The second kappa shape index (κ2) is 51.2. The number of carboxylic acids is 1. The molecule has 0 radical (unpaired) electrons. The molecule has 7 amide bonds. The minimum absolute atomic E-state index is 0.00128. The van der Waals surface area contributed by atoms with Crippen LogP contribution in [0, 0.1) is 70.5 Å². The number of carbonyl (C=O) groups is 15. The minimum Gasteiger partial charge on any atom is -0.481 e. The summed E-state index contributed by atoms with van der Waals surface area (Å²) in [6.45, 7) is 17.5. The van der Waals surface area contributed by atoms with Crippen LogP contribution in [0.4, 0.5) is 0 Å². The number of carboxylic acid groups (broad SMARTS) is 1. The van der Waals surface area contributed by atoms with Gasteiger partial charge in [-0.1, -0.05) is 143 Å². The summed E-state index contributed by atoms with van der Waals surface area (Å²) in [6.07, 6.45) is -3.63. The fourth-order valence-electron chi connectivity index (χ4n) is 13.8. The smallest absolute Gasteiger partial charge is 0.305 e. The number of primary amides is 1. The first kappa shape index (κ1) is 98.4. The summed E-state index contributed by atoms with van der Waals surface area (Å²) < 4.78 is 0. The number of ketones is 7. The average Bonchev–Trinajstić information content (AvgIpc) is 0.846. The number of hydrogen-bond donors (Lipinski definition) is 14. The van der Waals surface area contributed by atoms with Gasteiger partial charge >= 0.3 is 5.97 Å². The van der Waals surface area contributed by atoms with E-state index in [-0.39, 0.29) is 132 Å². The number of amidine groups is 1. The van der Waals surface area contributed by atoms with Gasteiger partial charge in [0.2, 0.25) is 41.4 Å². The number of carbonyl (C=O) groups excluding carboxylic acids is 14. The number of nitrogens with zero attached hydrogens (tertiary/aromatic N) is 2. The first-order valence-corrected chi connectivity index (χ1v) is 41.0. The van der Waals surface area contributed by atoms with Crippen LogP contribution in [0.2, 0.25) is 0 Å². The summed E-state index contributed by atoms with van der Waals surface area (Å²) in [7, 11) is 0. The summed E-state index contributed by atoms with van der Waals surface area (Å²) in [5, 5.41) is 34.6. The van der Waals surface area contributed by atoms with Gasteiger partial charge in [0.05, 0.1) is 48.2 Å². The second-order valence-electron chi connectivity index (χ2n) is 31.6. The normalized spacial score (nSPS) is 23.9. The van der Waals surface area contributed by atoms with Crippen LogP contribution in [0.1, 0.15) is 202 Å². The molecule has 1 aliphatic rings. The van der Waals surface area contributed by atoms with Crippen molar-refractivity contribution in [2.75, 3.05) is 24.6 Å². The highest BCUT2D eigenvalue weighted by Crippen LogP contribution is 2.31. The monoisotopic (exact) mass is 1610 g/mol. The number of guanidine groups is 2. The Morgan fingerprint density at radius 1 is 0.482 bits per heavy atom. The van der Waals surface area contributed by atoms with Crippen molar-refractivity contribution in [3.05, 3.63) is 71.8 Å². The van der Waals surface area contributed by atoms with Crippen LogP contribution < -0.4 is 66.3 Å². The molecule has 31 nitrogen and oxygen atoms in total. The fraction of sp³-hybridized carbons (Fsp3) is 0.634. The lowest BCUT2D eigenvalue weighted by Gasteiger charge is -2.30. The maximum atomic E-state index is 15.1. The largest absolute Gasteiger partial charge is 0.481 e. The zero-order valence-corrected chi connectivity index (χ0v) is 68.9. The molecule has 20 N–H and O–H groups in total. The number of amides is 7. The summed E-state index contributed by atoms with van der Waals surface area (Å²) in [5.74, 6) is -21.7. The van der Waals surface area contributed by atoms with Crippen LogP contribution in [0.15, 0.2) is 70.6 Å². The van der Waals surface area contributed by atoms with Crippen LogP contribution in [-0.4, -0.2) is 172 Å². The molecule has 114 heavy (non-hydrogen) atoms. The van der Waals surface area contributed by atoms with Gasteiger partial charge in [-0.25, -0.2) is 0 Å². The van der Waals surface area contributed by atoms with E-state index in [4.69, 9.17) is 39.8 Å². The zero-order valence-electron chi connectivity index (χ0n) is 68.1. The maximum Gasteiger partial charge on any atom is 0.305 e. The molecule has 0 unspecified atom stereocenters. The highest BCUT2D eigenvalue weighted by molar-refractivity contribution is 8.00. The number of Topliss-reactive ketones (excluding diaryl/α,β-unsaturated/α-hetero) is 7. The van der Waals surface area contributed by atoms with E-state index in [1.54, 1.807) is 109 Å². The average molecular weight is 1610 g/mol. The predicted octanol–water partition coefficient (Wildman–Crippen LogP) is 4.55. The molecule has 13 atom stereocenters. The number of hydrogen-bond acceptors (Lipinski definition) is 19. The molecule has 2 aromatic rings. The summed E-state index contributed by atoms with van der Waals surface area (Å²) in [5.41, 5.74) is 35.0. The van der Waals surface area contributed by atoms with Crippen molar-refractivity contribution >= 4 is 117 Å². The Labute approximate surface area is 674 Å². The summed E-state index contributed by atoms with van der Waals surface area (Å²) >= 11 is 0.911. The molecule has 0 spiro atoms. The van der Waals surface area contributed by atoms with Gasteiger partial charge in [0.1, 0.15) is 17.6 Å². The molecule has 0 saturated carbocycles. The Bertz CT molecular complexity index is 3640. The van der Waals surface area contributed by atoms with Crippen LogP contribution in [0.5, 0.6) is 0 Å². The molecule has 632 valence electrons. The number of rotatable bonds is 30. The van der Waals surface area contributed by atoms with E-state index in [0.717, 1.165) is 11.8 Å². The topological polar surface area (TPSA) is 553 Å². The van der Waals surface area contributed by atoms with Crippen molar-refractivity contribution in [2.24, 2.45) is 109 Å². The van der Waals surface area contributed by atoms with E-state index in [0.29, 0.717) is 24.0 Å². The first-order chi connectivity index (χ1) is 53.7. The molecule has 32 heteroatoms. The van der Waals surface area contributed by atoms with Gasteiger partial charge in [-0.2, -0.15) is 0 Å². The van der Waals surface area contributed by atoms with Crippen LogP contribution in [-0.2, 0) is 84.8 Å². The SMILES string of the molecule is CC[C@H](C)[C@@H]1NC(=O)[C@H](CC(C)C)CC(=O)[C@H](Cc2ccccc2)NC(=O)CSC[C@@H](C(=O)CCC(N)=O)NC(=O)[C@H](CCCN=C(N)N)CC(=O)[C@H](Cc2ccccc2)NC(=O)[C@H](C(C)C)CC(=O)[C@H](CCCN=C(N)N)NC(=O)[C@H](CC(=O)O)NC(=O)[C@H](CCCCC(=N)N)CC(=O)[C@H](C(C)C)CC(=O)[C@H](C(C)C)CC1=O. The standard InChI is InChI=1S/C82H127N15O16S/c1-11-50(10)75-70(104)41-57(48(6)7)66(100)40-56(47(4)5)65(99)37-53(26-18-19-29-71(83)84)76(109)95-62(43-74(107)108)80(113)93-59(28-21-33-91-82(88)89)69(103)42-58(49(8)9)79(112)94-61(36-52-24-16-13-17-25-52)67(101)38-54(27-20-32-90-81(86)87)77(110)96-63(64(98)30-31-72(85)105)44-114-45-73(106)92-60(35-51-22-14-12-15-23-51)68(102)39-55(34-46(2)3)78(111)97-75/h12-17,22-25,46-50,53-63,75H,11,18-21,26-45H2,1-10H3,(H3,83,84)(H2,85,105)(H,92,106)(H,93,113)(H,94,112)(H,95,109)(H,96,110)(H,97,111)(H,107,108)(H4,86,87,90)(H4,88,89,91)/t50-,53+,54+,55+,56-,57-,58-,59-,60-,61-,62-,63-,75-/m0/s1. The lowest BCUT2D eigenvalue weighted by atomic mass is 9.76. The van der Waals surface area contributed by atoms with Gasteiger partial charge in [0.15, 0.2) is 40.8 Å². The van der Waals surface area contributed by atoms with Crippen LogP contribution in [0.25, 0.3) is 0 Å². The lowest BCUT2D eigenvalue weighted by molar-refractivity contribution is -0.142. The van der Waals surface area contributed by atoms with E-state index in [1.807, 2.05) is 20.8 Å². The quantitative estimate of drug-likeness (QED) is 0.0290. The van der Waals surface area contributed by atoms with Crippen LogP contribution >= 0.6 is 11.8 Å². The van der Waals surface area contributed by atoms with E-state index in [1.165, 1.54) is 0 Å². The molecule has 0 aliphatic carbocycles. The highest BCUT2D eigenvalue weighted by Gasteiger charge is 2.41. The van der Waals surface area contributed by atoms with E-state index in [9.17, 15) is 72.2 Å². The lowest BCUT2D eigenvalue weighted by Crippen LogP contribution is -2.54. The van der Waals surface area contributed by atoms with Crippen molar-refractivity contribution in [1.29, 1.82) is 5.41 Å². The van der Waals surface area contributed by atoms with E-state index >= 15 is 4.79 Å². The number of benzene rings is 2. The van der Waals surface area contributed by atoms with Gasteiger partial charge in [0, 0.05) is 112 Å². The molecule has 1 fully saturated rings. The zero-order chi connectivity index (χ0) is 85.5. The molecule has 3 rings (SSSR count). The fourth-order valence-corrected chi connectivity index (χ4v) is 14.7. The second-order valence-corrected chi connectivity index (χ2v) is 32.7. The van der Waals surface area contributed by atoms with Crippen molar-refractivity contribution in [3.63, 3.8) is 0 Å².